The fourth-order valence-corrected chi connectivity index (χ4v) is 2.00. The molecule has 1 heterocycles. The predicted octanol–water partition coefficient (Wildman–Crippen LogP) is 1.06. The Morgan fingerprint density at radius 2 is 1.95 bits per heavy atom. The first-order valence-corrected chi connectivity index (χ1v) is 6.50. The van der Waals surface area contributed by atoms with Crippen LogP contribution in [0.15, 0.2) is 24.3 Å². The molecule has 1 aliphatic heterocycles. The van der Waals surface area contributed by atoms with Crippen molar-refractivity contribution in [2.45, 2.75) is 19.4 Å². The van der Waals surface area contributed by atoms with E-state index in [1.165, 1.54) is 0 Å². The molecule has 1 unspecified atom stereocenters. The van der Waals surface area contributed by atoms with Crippen LogP contribution in [0.25, 0.3) is 0 Å². The quantitative estimate of drug-likeness (QED) is 0.864. The number of ether oxygens (including phenoxy) is 2. The van der Waals surface area contributed by atoms with Crippen LogP contribution in [-0.2, 0) is 4.79 Å². The second-order valence-electron chi connectivity index (χ2n) is 4.48. The van der Waals surface area contributed by atoms with Gasteiger partial charge >= 0.3 is 0 Å². The number of amides is 1. The Labute approximate surface area is 112 Å². The first kappa shape index (κ1) is 13.7. The Bertz CT molecular complexity index is 418. The number of rotatable bonds is 5. The van der Waals surface area contributed by atoms with Crippen molar-refractivity contribution in [2.24, 2.45) is 0 Å². The summed E-state index contributed by atoms with van der Waals surface area (Å²) in [5.74, 6) is 1.32. The Morgan fingerprint density at radius 3 is 2.47 bits per heavy atom. The summed E-state index contributed by atoms with van der Waals surface area (Å²) in [6.45, 7) is 3.56. The van der Waals surface area contributed by atoms with Crippen molar-refractivity contribution in [3.05, 3.63) is 24.3 Å². The van der Waals surface area contributed by atoms with Crippen molar-refractivity contribution in [3.63, 3.8) is 0 Å². The molecule has 1 fully saturated rings. The lowest BCUT2D eigenvalue weighted by molar-refractivity contribution is -0.132. The number of hydrogen-bond donors (Lipinski definition) is 1. The van der Waals surface area contributed by atoms with Gasteiger partial charge in [0.1, 0.15) is 11.5 Å². The zero-order valence-corrected chi connectivity index (χ0v) is 11.0. The van der Waals surface area contributed by atoms with Crippen LogP contribution < -0.4 is 9.47 Å². The third-order valence-electron chi connectivity index (χ3n) is 3.01. The number of benzene rings is 1. The van der Waals surface area contributed by atoms with E-state index in [1.54, 1.807) is 17.0 Å². The van der Waals surface area contributed by atoms with Crippen LogP contribution in [0, 0.1) is 0 Å². The second-order valence-corrected chi connectivity index (χ2v) is 4.48. The summed E-state index contributed by atoms with van der Waals surface area (Å²) in [6.07, 6.45) is 0.254. The topological polar surface area (TPSA) is 59.0 Å². The van der Waals surface area contributed by atoms with E-state index >= 15 is 0 Å². The third-order valence-corrected chi connectivity index (χ3v) is 3.01. The number of β-amino-alcohol motifs (C(OH)–C–C–N with tert-alkyl or cyclic N) is 1. The number of nitrogens with zero attached hydrogens (tertiary/aromatic N) is 1. The molecule has 5 nitrogen and oxygen atoms in total. The van der Waals surface area contributed by atoms with Crippen molar-refractivity contribution in [1.29, 1.82) is 0 Å². The molecule has 19 heavy (non-hydrogen) atoms. The zero-order chi connectivity index (χ0) is 13.7. The van der Waals surface area contributed by atoms with E-state index in [2.05, 4.69) is 0 Å². The monoisotopic (exact) mass is 265 g/mol. The molecule has 0 bridgehead atoms. The van der Waals surface area contributed by atoms with Crippen LogP contribution in [-0.4, -0.2) is 48.3 Å². The van der Waals surface area contributed by atoms with E-state index in [-0.39, 0.29) is 12.5 Å². The molecule has 1 aliphatic rings. The van der Waals surface area contributed by atoms with Crippen LogP contribution in [0.1, 0.15) is 13.3 Å². The maximum absolute atomic E-state index is 11.8. The number of aliphatic hydroxyl groups excluding tert-OH is 1. The van der Waals surface area contributed by atoms with Gasteiger partial charge in [-0.15, -0.1) is 0 Å². The molecule has 1 saturated heterocycles. The molecule has 1 aromatic rings. The zero-order valence-electron chi connectivity index (χ0n) is 11.0. The minimum Gasteiger partial charge on any atom is -0.494 e. The summed E-state index contributed by atoms with van der Waals surface area (Å²) in [6, 6.07) is 7.17. The van der Waals surface area contributed by atoms with Crippen LogP contribution in [0.5, 0.6) is 11.5 Å². The smallest absolute Gasteiger partial charge is 0.260 e. The van der Waals surface area contributed by atoms with Gasteiger partial charge in [0.25, 0.3) is 5.91 Å². The highest BCUT2D eigenvalue weighted by Crippen LogP contribution is 2.18. The van der Waals surface area contributed by atoms with Crippen LogP contribution in [0.3, 0.4) is 0 Å². The van der Waals surface area contributed by atoms with Crippen molar-refractivity contribution < 1.29 is 19.4 Å². The molecule has 0 saturated carbocycles. The molecule has 0 spiro atoms. The van der Waals surface area contributed by atoms with E-state index in [1.807, 2.05) is 19.1 Å². The van der Waals surface area contributed by atoms with Crippen LogP contribution in [0.4, 0.5) is 0 Å². The minimum absolute atomic E-state index is 0.000696. The maximum atomic E-state index is 11.8. The molecule has 5 heteroatoms. The summed E-state index contributed by atoms with van der Waals surface area (Å²) in [7, 11) is 0. The number of hydrogen-bond acceptors (Lipinski definition) is 4. The SMILES string of the molecule is CCOc1ccc(OCC(=O)N2CCC(O)C2)cc1. The minimum atomic E-state index is -0.394. The maximum Gasteiger partial charge on any atom is 0.260 e. The first-order valence-electron chi connectivity index (χ1n) is 6.50. The standard InChI is InChI=1S/C14H19NO4/c1-2-18-12-3-5-13(6-4-12)19-10-14(17)15-8-7-11(16)9-15/h3-6,11,16H,2,7-10H2,1H3. The van der Waals surface area contributed by atoms with Crippen molar-refractivity contribution in [3.8, 4) is 11.5 Å². The predicted molar refractivity (Wildman–Crippen MR) is 70.3 cm³/mol. The van der Waals surface area contributed by atoms with E-state index in [4.69, 9.17) is 9.47 Å². The Morgan fingerprint density at radius 1 is 1.32 bits per heavy atom. The Balaban J connectivity index is 1.80. The molecular formula is C14H19NO4. The first-order chi connectivity index (χ1) is 9.19. The molecule has 104 valence electrons. The average Bonchev–Trinajstić information content (AvgIpc) is 2.85. The van der Waals surface area contributed by atoms with Gasteiger partial charge in [-0.1, -0.05) is 0 Å². The molecule has 0 radical (unpaired) electrons. The number of likely N-dealkylation sites (tertiary alicyclic amines) is 1. The van der Waals surface area contributed by atoms with E-state index in [0.717, 1.165) is 5.75 Å². The van der Waals surface area contributed by atoms with Gasteiger partial charge in [0, 0.05) is 13.1 Å². The second kappa shape index (κ2) is 6.43. The van der Waals surface area contributed by atoms with Crippen LogP contribution >= 0.6 is 0 Å². The average molecular weight is 265 g/mol. The molecule has 0 aliphatic carbocycles. The summed E-state index contributed by atoms with van der Waals surface area (Å²) < 4.78 is 10.7. The van der Waals surface area contributed by atoms with Gasteiger partial charge in [-0.2, -0.15) is 0 Å². The van der Waals surface area contributed by atoms with Crippen molar-refractivity contribution in [1.82, 2.24) is 4.90 Å². The number of carbonyl (C=O) groups excluding carboxylic acids is 1. The molecule has 1 N–H and O–H groups in total. The van der Waals surface area contributed by atoms with Crippen molar-refractivity contribution >= 4 is 5.91 Å². The van der Waals surface area contributed by atoms with E-state index < -0.39 is 6.10 Å². The summed E-state index contributed by atoms with van der Waals surface area (Å²) >= 11 is 0. The lowest BCUT2D eigenvalue weighted by Gasteiger charge is -2.15. The van der Waals surface area contributed by atoms with Gasteiger partial charge in [-0.05, 0) is 37.6 Å². The molecule has 1 amide bonds. The largest absolute Gasteiger partial charge is 0.494 e. The molecule has 1 atom stereocenters. The Hall–Kier alpha value is -1.75. The highest BCUT2D eigenvalue weighted by atomic mass is 16.5. The van der Waals surface area contributed by atoms with Gasteiger partial charge in [0.05, 0.1) is 12.7 Å². The summed E-state index contributed by atoms with van der Waals surface area (Å²) in [4.78, 5) is 13.4. The normalized spacial score (nSPS) is 18.4. The fraction of sp³-hybridized carbons (Fsp3) is 0.500. The lowest BCUT2D eigenvalue weighted by atomic mass is 10.3. The Kier molecular flexibility index (Phi) is 4.63. The fourth-order valence-electron chi connectivity index (χ4n) is 2.00. The number of aliphatic hydroxyl groups is 1. The molecular weight excluding hydrogens is 246 g/mol. The molecule has 1 aromatic carbocycles. The lowest BCUT2D eigenvalue weighted by Crippen LogP contribution is -2.33. The van der Waals surface area contributed by atoms with Gasteiger partial charge in [0.2, 0.25) is 0 Å². The number of carbonyl (C=O) groups is 1. The summed E-state index contributed by atoms with van der Waals surface area (Å²) in [5, 5.41) is 9.37. The van der Waals surface area contributed by atoms with Gasteiger partial charge in [0.15, 0.2) is 6.61 Å². The van der Waals surface area contributed by atoms with Gasteiger partial charge in [-0.25, -0.2) is 0 Å². The van der Waals surface area contributed by atoms with Gasteiger partial charge < -0.3 is 19.5 Å². The molecule has 2 rings (SSSR count). The van der Waals surface area contributed by atoms with Crippen LogP contribution in [0.2, 0.25) is 0 Å². The van der Waals surface area contributed by atoms with Crippen molar-refractivity contribution in [2.75, 3.05) is 26.3 Å². The summed E-state index contributed by atoms with van der Waals surface area (Å²) in [5.41, 5.74) is 0. The van der Waals surface area contributed by atoms with Gasteiger partial charge in [-0.3, -0.25) is 4.79 Å². The highest BCUT2D eigenvalue weighted by Gasteiger charge is 2.24. The third kappa shape index (κ3) is 3.86. The van der Waals surface area contributed by atoms with E-state index in [0.29, 0.717) is 31.9 Å². The van der Waals surface area contributed by atoms with E-state index in [9.17, 15) is 9.90 Å². The molecule has 0 aromatic heterocycles. The highest BCUT2D eigenvalue weighted by molar-refractivity contribution is 5.78.